The molecule has 0 spiro atoms. The van der Waals surface area contributed by atoms with Gasteiger partial charge in [0.2, 0.25) is 5.65 Å². The molecule has 8 nitrogen and oxygen atoms in total. The van der Waals surface area contributed by atoms with Gasteiger partial charge in [-0.2, -0.15) is 10.2 Å². The topological polar surface area (TPSA) is 99.5 Å². The van der Waals surface area contributed by atoms with Crippen LogP contribution < -0.4 is 4.90 Å². The molecule has 9 heteroatoms. The maximum Gasteiger partial charge on any atom is 0.275 e. The first-order chi connectivity index (χ1) is 17.6. The number of azo groups is 1. The molecule has 2 aromatic heterocycles. The average Bonchev–Trinajstić information content (AvgIpc) is 3.36. The van der Waals surface area contributed by atoms with Gasteiger partial charge in [-0.1, -0.05) is 43.4 Å². The number of hydrogen-bond acceptors (Lipinski definition) is 6. The van der Waals surface area contributed by atoms with Crippen LogP contribution in [0.25, 0.3) is 16.7 Å². The van der Waals surface area contributed by atoms with E-state index in [-0.39, 0.29) is 17.1 Å². The highest BCUT2D eigenvalue weighted by molar-refractivity contribution is 5.94. The van der Waals surface area contributed by atoms with Crippen molar-refractivity contribution in [3.8, 4) is 0 Å². The van der Waals surface area contributed by atoms with Crippen molar-refractivity contribution in [2.24, 2.45) is 28.0 Å². The van der Waals surface area contributed by atoms with Gasteiger partial charge < -0.3 is 4.90 Å². The van der Waals surface area contributed by atoms with Crippen LogP contribution in [-0.4, -0.2) is 39.2 Å². The average molecular weight is 482 g/mol. The summed E-state index contributed by atoms with van der Waals surface area (Å²) in [4.78, 5) is 23.9. The third kappa shape index (κ3) is 2.98. The SMILES string of the molecule is CC[C@]1(c2ccccc2F)[C@@H]2CCN(c3cnc4c(C5=CC6C(=O)N=NC=C6C=C5)[nH]nc4n3)C[C@@H]21. The Labute approximate surface area is 206 Å². The first-order valence-electron chi connectivity index (χ1n) is 12.4. The summed E-state index contributed by atoms with van der Waals surface area (Å²) in [6.45, 7) is 3.85. The Bertz CT molecular complexity index is 1540. The van der Waals surface area contributed by atoms with Crippen LogP contribution in [0.2, 0.25) is 0 Å². The van der Waals surface area contributed by atoms with Crippen LogP contribution in [0, 0.1) is 23.6 Å². The molecule has 1 aromatic carbocycles. The number of benzene rings is 1. The van der Waals surface area contributed by atoms with Gasteiger partial charge in [0.25, 0.3) is 5.91 Å². The summed E-state index contributed by atoms with van der Waals surface area (Å²) in [5.74, 6) is 0.846. The molecule has 7 rings (SSSR count). The normalized spacial score (nSPS) is 28.6. The number of carbonyl (C=O) groups is 1. The number of piperidine rings is 1. The highest BCUT2D eigenvalue weighted by atomic mass is 19.1. The summed E-state index contributed by atoms with van der Waals surface area (Å²) in [6, 6.07) is 7.23. The molecule has 180 valence electrons. The molecule has 1 unspecified atom stereocenters. The molecule has 0 radical (unpaired) electrons. The number of anilines is 1. The zero-order valence-electron chi connectivity index (χ0n) is 19.7. The third-order valence-electron chi connectivity index (χ3n) is 8.44. The molecule has 4 aliphatic rings. The molecule has 3 aromatic rings. The van der Waals surface area contributed by atoms with E-state index in [2.05, 4.69) is 32.2 Å². The summed E-state index contributed by atoms with van der Waals surface area (Å²) in [6.07, 6.45) is 11.0. The number of aromatic nitrogens is 4. The number of carbonyl (C=O) groups excluding carboxylic acids is 1. The van der Waals surface area contributed by atoms with Crippen molar-refractivity contribution in [2.45, 2.75) is 25.2 Å². The maximum atomic E-state index is 14.7. The zero-order chi connectivity index (χ0) is 24.4. The second-order valence-corrected chi connectivity index (χ2v) is 9.94. The summed E-state index contributed by atoms with van der Waals surface area (Å²) < 4.78 is 14.7. The standard InChI is InChI=1S/C27H24FN7O/c1-2-27(19-5-3-4-6-21(19)28)18-9-10-35(14-20(18)27)22-13-29-24-23(32-33-25(24)31-22)15-7-8-16-12-30-34-26(36)17(16)11-15/h3-8,11-13,17-18,20H,2,9-10,14H2,1H3,(H,31,32,33)/t17?,18-,20+,27-/m1/s1. The number of aromatic amines is 1. The van der Waals surface area contributed by atoms with Crippen LogP contribution in [0.3, 0.4) is 0 Å². The lowest BCUT2D eigenvalue weighted by Gasteiger charge is -2.26. The van der Waals surface area contributed by atoms with Crippen molar-refractivity contribution < 1.29 is 9.18 Å². The Balaban J connectivity index is 1.16. The van der Waals surface area contributed by atoms with E-state index in [9.17, 15) is 9.18 Å². The summed E-state index contributed by atoms with van der Waals surface area (Å²) in [7, 11) is 0. The van der Waals surface area contributed by atoms with Crippen molar-refractivity contribution in [3.63, 3.8) is 0 Å². The third-order valence-corrected chi connectivity index (χ3v) is 8.44. The lowest BCUT2D eigenvalue weighted by molar-refractivity contribution is -0.120. The second kappa shape index (κ2) is 7.74. The Hall–Kier alpha value is -4.01. The molecule has 1 saturated carbocycles. The summed E-state index contributed by atoms with van der Waals surface area (Å²) >= 11 is 0. The molecule has 4 atom stereocenters. The van der Waals surface area contributed by atoms with Crippen LogP contribution in [0.1, 0.15) is 31.0 Å². The molecule has 1 saturated heterocycles. The molecule has 2 aliphatic carbocycles. The highest BCUT2D eigenvalue weighted by Crippen LogP contribution is 2.65. The number of allylic oxidation sites excluding steroid dienone is 3. The van der Waals surface area contributed by atoms with Gasteiger partial charge in [-0.15, -0.1) is 5.11 Å². The number of amides is 1. The van der Waals surface area contributed by atoms with Crippen molar-refractivity contribution in [1.82, 2.24) is 20.2 Å². The maximum absolute atomic E-state index is 14.7. The van der Waals surface area contributed by atoms with E-state index in [1.165, 1.54) is 0 Å². The fraction of sp³-hybridized carbons (Fsp3) is 0.333. The lowest BCUT2D eigenvalue weighted by Crippen LogP contribution is -2.32. The van der Waals surface area contributed by atoms with E-state index in [1.807, 2.05) is 30.4 Å². The van der Waals surface area contributed by atoms with Gasteiger partial charge in [0.1, 0.15) is 17.2 Å². The molecular weight excluding hydrogens is 457 g/mol. The van der Waals surface area contributed by atoms with Gasteiger partial charge >= 0.3 is 0 Å². The van der Waals surface area contributed by atoms with Crippen LogP contribution >= 0.6 is 0 Å². The van der Waals surface area contributed by atoms with E-state index < -0.39 is 5.92 Å². The number of nitrogens with zero attached hydrogens (tertiary/aromatic N) is 6. The summed E-state index contributed by atoms with van der Waals surface area (Å²) in [5, 5.41) is 14.9. The van der Waals surface area contributed by atoms with Gasteiger partial charge in [-0.05, 0) is 47.5 Å². The van der Waals surface area contributed by atoms with Crippen molar-refractivity contribution in [1.29, 1.82) is 0 Å². The molecule has 1 N–H and O–H groups in total. The van der Waals surface area contributed by atoms with E-state index in [0.717, 1.165) is 54.2 Å². The number of nitrogens with one attached hydrogen (secondary N) is 1. The molecule has 2 fully saturated rings. The number of fused-ring (bicyclic) bond motifs is 3. The molecule has 4 heterocycles. The van der Waals surface area contributed by atoms with Crippen LogP contribution in [-0.2, 0) is 10.2 Å². The molecule has 0 bridgehead atoms. The highest BCUT2D eigenvalue weighted by Gasteiger charge is 2.65. The first kappa shape index (κ1) is 21.3. The van der Waals surface area contributed by atoms with E-state index >= 15 is 0 Å². The fourth-order valence-corrected chi connectivity index (χ4v) is 6.62. The molecule has 36 heavy (non-hydrogen) atoms. The van der Waals surface area contributed by atoms with Gasteiger partial charge in [0.05, 0.1) is 24.0 Å². The van der Waals surface area contributed by atoms with Crippen molar-refractivity contribution >= 4 is 28.5 Å². The Kier molecular flexibility index (Phi) is 4.58. The predicted octanol–water partition coefficient (Wildman–Crippen LogP) is 4.74. The molecule has 2 aliphatic heterocycles. The van der Waals surface area contributed by atoms with E-state index in [1.54, 1.807) is 24.5 Å². The minimum Gasteiger partial charge on any atom is -0.355 e. The second-order valence-electron chi connectivity index (χ2n) is 9.94. The smallest absolute Gasteiger partial charge is 0.275 e. The number of rotatable bonds is 4. The van der Waals surface area contributed by atoms with Crippen molar-refractivity contribution in [2.75, 3.05) is 18.0 Å². The Morgan fingerprint density at radius 2 is 2.11 bits per heavy atom. The minimum atomic E-state index is -0.443. The van der Waals surface area contributed by atoms with E-state index in [4.69, 9.17) is 9.97 Å². The number of hydrogen-bond donors (Lipinski definition) is 1. The quantitative estimate of drug-likeness (QED) is 0.580. The lowest BCUT2D eigenvalue weighted by atomic mass is 9.88. The monoisotopic (exact) mass is 481 g/mol. The van der Waals surface area contributed by atoms with E-state index in [0.29, 0.717) is 23.0 Å². The fourth-order valence-electron chi connectivity index (χ4n) is 6.62. The van der Waals surface area contributed by atoms with Crippen LogP contribution in [0.15, 0.2) is 70.7 Å². The largest absolute Gasteiger partial charge is 0.355 e. The first-order valence-corrected chi connectivity index (χ1v) is 12.4. The zero-order valence-corrected chi connectivity index (χ0v) is 19.7. The van der Waals surface area contributed by atoms with Gasteiger partial charge in [-0.25, -0.2) is 14.4 Å². The predicted molar refractivity (Wildman–Crippen MR) is 132 cm³/mol. The number of H-pyrrole nitrogens is 1. The van der Waals surface area contributed by atoms with Crippen LogP contribution in [0.4, 0.5) is 10.2 Å². The Morgan fingerprint density at radius 1 is 1.22 bits per heavy atom. The van der Waals surface area contributed by atoms with Gasteiger partial charge in [-0.3, -0.25) is 9.89 Å². The molecule has 1 amide bonds. The summed E-state index contributed by atoms with van der Waals surface area (Å²) in [5.41, 5.74) is 4.30. The Morgan fingerprint density at radius 3 is 2.97 bits per heavy atom. The number of halogens is 1. The van der Waals surface area contributed by atoms with Gasteiger partial charge in [0, 0.05) is 18.5 Å². The molecular formula is C27H24FN7O. The van der Waals surface area contributed by atoms with Gasteiger partial charge in [0.15, 0.2) is 0 Å². The van der Waals surface area contributed by atoms with Crippen molar-refractivity contribution in [3.05, 3.63) is 77.5 Å². The van der Waals surface area contributed by atoms with Crippen LogP contribution in [0.5, 0.6) is 0 Å². The minimum absolute atomic E-state index is 0.0969.